The number of aliphatic hydroxyl groups is 1. The molecule has 3 N–H and O–H groups in total. The summed E-state index contributed by atoms with van der Waals surface area (Å²) < 4.78 is 39.6. The van der Waals surface area contributed by atoms with Crippen molar-refractivity contribution in [3.8, 4) is 0 Å². The number of aromatic nitrogens is 2. The van der Waals surface area contributed by atoms with Gasteiger partial charge in [-0.2, -0.15) is 13.2 Å². The normalized spacial score (nSPS) is 21.3. The molecular formula is C25H28Cl2F3N5O. The first-order valence-corrected chi connectivity index (χ1v) is 12.9. The van der Waals surface area contributed by atoms with Crippen LogP contribution >= 0.6 is 23.2 Å². The molecule has 36 heavy (non-hydrogen) atoms. The van der Waals surface area contributed by atoms with Crippen LogP contribution in [0.15, 0.2) is 30.3 Å². The zero-order valence-corrected chi connectivity index (χ0v) is 21.1. The van der Waals surface area contributed by atoms with E-state index in [1.807, 2.05) is 18.2 Å². The fraction of sp³-hybridized carbons (Fsp3) is 0.480. The van der Waals surface area contributed by atoms with Crippen molar-refractivity contribution in [3.63, 3.8) is 0 Å². The average Bonchev–Trinajstić information content (AvgIpc) is 3.44. The first-order chi connectivity index (χ1) is 17.2. The van der Waals surface area contributed by atoms with Crippen molar-refractivity contribution in [1.82, 2.24) is 19.8 Å². The minimum absolute atomic E-state index is 0.0535. The van der Waals surface area contributed by atoms with Crippen LogP contribution in [0.4, 0.5) is 19.0 Å². The molecule has 2 aromatic heterocycles. The van der Waals surface area contributed by atoms with Gasteiger partial charge in [-0.25, -0.2) is 4.98 Å². The number of anilines is 1. The van der Waals surface area contributed by atoms with Crippen LogP contribution in [-0.4, -0.2) is 70.2 Å². The Labute approximate surface area is 217 Å². The van der Waals surface area contributed by atoms with Gasteiger partial charge in [-0.1, -0.05) is 23.2 Å². The Morgan fingerprint density at radius 3 is 2.75 bits per heavy atom. The van der Waals surface area contributed by atoms with Gasteiger partial charge in [0.05, 0.1) is 17.7 Å². The van der Waals surface area contributed by atoms with Gasteiger partial charge in [0.1, 0.15) is 5.82 Å². The average molecular weight is 542 g/mol. The molecule has 1 saturated heterocycles. The first kappa shape index (κ1) is 25.6. The van der Waals surface area contributed by atoms with Crippen LogP contribution in [0, 0.1) is 0 Å². The van der Waals surface area contributed by atoms with E-state index in [-0.39, 0.29) is 24.5 Å². The molecule has 0 radical (unpaired) electrons. The monoisotopic (exact) mass is 541 g/mol. The number of pyridine rings is 1. The number of aliphatic hydroxyl groups excluding tert-OH is 1. The Bertz CT molecular complexity index is 1230. The SMILES string of the molecule is OCC1CCCN1CC1c2[nH]c3ccc(Cl)cc3c2CCN1CCNc1ccc(Cl)c(C(F)(F)F)n1. The van der Waals surface area contributed by atoms with Gasteiger partial charge in [0.25, 0.3) is 0 Å². The fourth-order valence-corrected chi connectivity index (χ4v) is 5.88. The zero-order chi connectivity index (χ0) is 25.4. The number of likely N-dealkylation sites (tertiary alicyclic amines) is 1. The van der Waals surface area contributed by atoms with Crippen LogP contribution in [0.5, 0.6) is 0 Å². The highest BCUT2D eigenvalue weighted by atomic mass is 35.5. The van der Waals surface area contributed by atoms with E-state index >= 15 is 0 Å². The maximum absolute atomic E-state index is 13.2. The molecule has 194 valence electrons. The number of hydrogen-bond acceptors (Lipinski definition) is 5. The molecule has 2 aliphatic heterocycles. The molecule has 5 rings (SSSR count). The fourth-order valence-electron chi connectivity index (χ4n) is 5.49. The third-order valence-corrected chi connectivity index (χ3v) is 7.80. The summed E-state index contributed by atoms with van der Waals surface area (Å²) in [5, 5.41) is 14.3. The van der Waals surface area contributed by atoms with E-state index in [0.29, 0.717) is 18.1 Å². The van der Waals surface area contributed by atoms with E-state index in [1.54, 1.807) is 0 Å². The third kappa shape index (κ3) is 5.17. The molecule has 3 aromatic rings. The second-order valence-corrected chi connectivity index (χ2v) is 10.3. The maximum atomic E-state index is 13.2. The molecule has 2 unspecified atom stereocenters. The van der Waals surface area contributed by atoms with Crippen molar-refractivity contribution in [2.24, 2.45) is 0 Å². The standard InChI is InChI=1S/C25H28Cl2F3N5O/c26-15-3-5-20-18(12-15)17-7-10-34(21(23(17)32-20)13-35-9-1-2-16(35)14-36)11-8-31-22-6-4-19(27)24(33-22)25(28,29)30/h3-6,12,16,21,32,36H,1-2,7-11,13-14H2,(H,31,33). The van der Waals surface area contributed by atoms with Crippen LogP contribution in [0.2, 0.25) is 10.0 Å². The molecular weight excluding hydrogens is 514 g/mol. The van der Waals surface area contributed by atoms with E-state index in [2.05, 4.69) is 25.1 Å². The van der Waals surface area contributed by atoms with Crippen molar-refractivity contribution in [2.45, 2.75) is 37.5 Å². The van der Waals surface area contributed by atoms with Crippen LogP contribution in [0.25, 0.3) is 10.9 Å². The summed E-state index contributed by atoms with van der Waals surface area (Å²) in [5.74, 6) is 0.140. The number of rotatable bonds is 7. The second-order valence-electron chi connectivity index (χ2n) is 9.43. The lowest BCUT2D eigenvalue weighted by atomic mass is 9.96. The van der Waals surface area contributed by atoms with Crippen LogP contribution in [0.3, 0.4) is 0 Å². The molecule has 4 heterocycles. The minimum atomic E-state index is -4.61. The summed E-state index contributed by atoms with van der Waals surface area (Å²) in [7, 11) is 0. The topological polar surface area (TPSA) is 67.4 Å². The largest absolute Gasteiger partial charge is 0.434 e. The highest BCUT2D eigenvalue weighted by Crippen LogP contribution is 2.37. The Balaban J connectivity index is 1.36. The van der Waals surface area contributed by atoms with Gasteiger partial charge in [0.15, 0.2) is 5.69 Å². The summed E-state index contributed by atoms with van der Waals surface area (Å²) in [4.78, 5) is 12.0. The summed E-state index contributed by atoms with van der Waals surface area (Å²) in [6.07, 6.45) is -1.74. The lowest BCUT2D eigenvalue weighted by Crippen LogP contribution is -2.45. The lowest BCUT2D eigenvalue weighted by molar-refractivity contribution is -0.141. The molecule has 2 atom stereocenters. The molecule has 0 amide bonds. The molecule has 0 bridgehead atoms. The summed E-state index contributed by atoms with van der Waals surface area (Å²) in [6.45, 7) is 3.67. The van der Waals surface area contributed by atoms with Gasteiger partial charge in [-0.3, -0.25) is 9.80 Å². The number of benzene rings is 1. The lowest BCUT2D eigenvalue weighted by Gasteiger charge is -2.39. The molecule has 0 aliphatic carbocycles. The van der Waals surface area contributed by atoms with Crippen molar-refractivity contribution >= 4 is 39.9 Å². The number of aromatic amines is 1. The maximum Gasteiger partial charge on any atom is 0.434 e. The van der Waals surface area contributed by atoms with E-state index < -0.39 is 16.9 Å². The molecule has 0 spiro atoms. The summed E-state index contributed by atoms with van der Waals surface area (Å²) in [6, 6.07) is 8.74. The predicted octanol–water partition coefficient (Wildman–Crippen LogP) is 5.36. The van der Waals surface area contributed by atoms with Gasteiger partial charge in [-0.05, 0) is 61.7 Å². The number of H-pyrrole nitrogens is 1. The van der Waals surface area contributed by atoms with Crippen LogP contribution in [-0.2, 0) is 12.6 Å². The van der Waals surface area contributed by atoms with E-state index in [9.17, 15) is 18.3 Å². The number of nitrogens with zero attached hydrogens (tertiary/aromatic N) is 3. The smallest absolute Gasteiger partial charge is 0.395 e. The minimum Gasteiger partial charge on any atom is -0.395 e. The Morgan fingerprint density at radius 1 is 1.14 bits per heavy atom. The van der Waals surface area contributed by atoms with Crippen molar-refractivity contribution in [3.05, 3.63) is 57.3 Å². The highest BCUT2D eigenvalue weighted by Gasteiger charge is 2.36. The van der Waals surface area contributed by atoms with E-state index in [1.165, 1.54) is 17.7 Å². The Morgan fingerprint density at radius 2 is 1.97 bits per heavy atom. The number of halogens is 5. The number of nitrogens with one attached hydrogen (secondary N) is 2. The van der Waals surface area contributed by atoms with E-state index in [0.717, 1.165) is 55.5 Å². The summed E-state index contributed by atoms with van der Waals surface area (Å²) >= 11 is 12.0. The van der Waals surface area contributed by atoms with Crippen LogP contribution in [0.1, 0.15) is 35.8 Å². The van der Waals surface area contributed by atoms with Crippen molar-refractivity contribution < 1.29 is 18.3 Å². The second kappa shape index (κ2) is 10.4. The van der Waals surface area contributed by atoms with Gasteiger partial charge in [0, 0.05) is 53.8 Å². The molecule has 1 aromatic carbocycles. The first-order valence-electron chi connectivity index (χ1n) is 12.1. The Kier molecular flexibility index (Phi) is 7.38. The van der Waals surface area contributed by atoms with Gasteiger partial charge >= 0.3 is 6.18 Å². The Hall–Kier alpha value is -2.04. The summed E-state index contributed by atoms with van der Waals surface area (Å²) in [5.41, 5.74) is 2.36. The van der Waals surface area contributed by atoms with Crippen molar-refractivity contribution in [2.75, 3.05) is 44.6 Å². The molecule has 1 fully saturated rings. The van der Waals surface area contributed by atoms with Gasteiger partial charge in [-0.15, -0.1) is 0 Å². The highest BCUT2D eigenvalue weighted by molar-refractivity contribution is 6.31. The van der Waals surface area contributed by atoms with Crippen molar-refractivity contribution in [1.29, 1.82) is 0 Å². The van der Waals surface area contributed by atoms with Gasteiger partial charge in [0.2, 0.25) is 0 Å². The number of alkyl halides is 3. The molecule has 6 nitrogen and oxygen atoms in total. The van der Waals surface area contributed by atoms with Crippen LogP contribution < -0.4 is 5.32 Å². The molecule has 2 aliphatic rings. The van der Waals surface area contributed by atoms with E-state index in [4.69, 9.17) is 23.2 Å². The molecule has 0 saturated carbocycles. The third-order valence-electron chi connectivity index (χ3n) is 7.26. The molecule has 11 heteroatoms. The predicted molar refractivity (Wildman–Crippen MR) is 136 cm³/mol. The zero-order valence-electron chi connectivity index (χ0n) is 19.6. The number of fused-ring (bicyclic) bond motifs is 3. The van der Waals surface area contributed by atoms with Gasteiger partial charge < -0.3 is 15.4 Å². The quantitative estimate of drug-likeness (QED) is 0.376. The number of hydrogen-bond donors (Lipinski definition) is 3.